The average molecular weight is 365 g/mol. The van der Waals surface area contributed by atoms with Gasteiger partial charge in [-0.2, -0.15) is 0 Å². The summed E-state index contributed by atoms with van der Waals surface area (Å²) < 4.78 is 13.9. The molecular weight excluding hydrogens is 341 g/mol. The standard InChI is InChI=1S/C22H24FN3O/c1-15-14-26(12-11-24-15)21(27)10-8-18-19-13-17(23)7-9-20(19)25-22(18)16-5-3-2-4-6-16/h2-7,9,13,15,24-25H,8,10-12,14H2,1H3/t15-/m1/s1. The molecule has 1 saturated heterocycles. The van der Waals surface area contributed by atoms with Gasteiger partial charge in [-0.3, -0.25) is 4.79 Å². The van der Waals surface area contributed by atoms with Crippen molar-refractivity contribution in [1.82, 2.24) is 15.2 Å². The van der Waals surface area contributed by atoms with Crippen molar-refractivity contribution in [3.63, 3.8) is 0 Å². The maximum atomic E-state index is 13.9. The topological polar surface area (TPSA) is 48.1 Å². The van der Waals surface area contributed by atoms with Crippen LogP contribution in [0.25, 0.3) is 22.2 Å². The molecule has 4 nitrogen and oxygen atoms in total. The summed E-state index contributed by atoms with van der Waals surface area (Å²) in [7, 11) is 0. The van der Waals surface area contributed by atoms with Crippen molar-refractivity contribution < 1.29 is 9.18 Å². The lowest BCUT2D eigenvalue weighted by Crippen LogP contribution is -2.51. The largest absolute Gasteiger partial charge is 0.354 e. The first kappa shape index (κ1) is 17.7. The van der Waals surface area contributed by atoms with Gasteiger partial charge in [0.15, 0.2) is 0 Å². The second-order valence-electron chi connectivity index (χ2n) is 7.23. The predicted octanol–water partition coefficient (Wildman–Crippen LogP) is 3.73. The van der Waals surface area contributed by atoms with E-state index in [1.165, 1.54) is 6.07 Å². The van der Waals surface area contributed by atoms with Crippen LogP contribution in [-0.2, 0) is 11.2 Å². The van der Waals surface area contributed by atoms with Crippen LogP contribution >= 0.6 is 0 Å². The first-order valence-corrected chi connectivity index (χ1v) is 9.48. The lowest BCUT2D eigenvalue weighted by molar-refractivity contribution is -0.132. The van der Waals surface area contributed by atoms with Gasteiger partial charge in [0.1, 0.15) is 5.82 Å². The highest BCUT2D eigenvalue weighted by Crippen LogP contribution is 2.32. The summed E-state index contributed by atoms with van der Waals surface area (Å²) in [5.41, 5.74) is 3.92. The van der Waals surface area contributed by atoms with Gasteiger partial charge in [0.2, 0.25) is 5.91 Å². The van der Waals surface area contributed by atoms with Crippen molar-refractivity contribution in [2.75, 3.05) is 19.6 Å². The molecule has 0 aliphatic carbocycles. The van der Waals surface area contributed by atoms with Crippen LogP contribution in [0.3, 0.4) is 0 Å². The van der Waals surface area contributed by atoms with Crippen LogP contribution in [-0.4, -0.2) is 41.5 Å². The van der Waals surface area contributed by atoms with Crippen molar-refractivity contribution in [2.24, 2.45) is 0 Å². The number of aromatic amines is 1. The number of hydrogen-bond donors (Lipinski definition) is 2. The van der Waals surface area contributed by atoms with E-state index in [2.05, 4.69) is 17.2 Å². The van der Waals surface area contributed by atoms with E-state index in [0.29, 0.717) is 18.9 Å². The van der Waals surface area contributed by atoms with Crippen LogP contribution in [0.2, 0.25) is 0 Å². The fraction of sp³-hybridized carbons (Fsp3) is 0.318. The Bertz CT molecular complexity index is 951. The summed E-state index contributed by atoms with van der Waals surface area (Å²) >= 11 is 0. The molecule has 27 heavy (non-hydrogen) atoms. The van der Waals surface area contributed by atoms with E-state index in [1.807, 2.05) is 35.2 Å². The number of carbonyl (C=O) groups is 1. The van der Waals surface area contributed by atoms with E-state index in [-0.39, 0.29) is 11.7 Å². The molecule has 0 spiro atoms. The minimum absolute atomic E-state index is 0.160. The first-order valence-electron chi connectivity index (χ1n) is 9.48. The van der Waals surface area contributed by atoms with Gasteiger partial charge < -0.3 is 15.2 Å². The van der Waals surface area contributed by atoms with Gasteiger partial charge in [0.05, 0.1) is 0 Å². The molecule has 0 bridgehead atoms. The van der Waals surface area contributed by atoms with E-state index < -0.39 is 0 Å². The molecule has 2 N–H and O–H groups in total. The second kappa shape index (κ2) is 7.53. The van der Waals surface area contributed by atoms with Crippen LogP contribution < -0.4 is 5.32 Å². The number of aryl methyl sites for hydroxylation is 1. The molecule has 5 heteroatoms. The number of aromatic nitrogens is 1. The van der Waals surface area contributed by atoms with Gasteiger partial charge in [-0.1, -0.05) is 30.3 Å². The summed E-state index contributed by atoms with van der Waals surface area (Å²) in [6, 6.07) is 15.1. The minimum Gasteiger partial charge on any atom is -0.354 e. The molecule has 140 valence electrons. The fourth-order valence-corrected chi connectivity index (χ4v) is 3.88. The van der Waals surface area contributed by atoms with Gasteiger partial charge in [-0.05, 0) is 42.7 Å². The van der Waals surface area contributed by atoms with Gasteiger partial charge in [-0.25, -0.2) is 4.39 Å². The number of carbonyl (C=O) groups excluding carboxylic acids is 1. The number of nitrogens with zero attached hydrogens (tertiary/aromatic N) is 1. The lowest BCUT2D eigenvalue weighted by Gasteiger charge is -2.32. The molecule has 3 aromatic rings. The molecule has 4 rings (SSSR count). The van der Waals surface area contributed by atoms with E-state index in [1.54, 1.807) is 12.1 Å². The Labute approximate surface area is 158 Å². The Balaban J connectivity index is 1.63. The molecule has 2 heterocycles. The molecule has 0 radical (unpaired) electrons. The monoisotopic (exact) mass is 365 g/mol. The Morgan fingerprint density at radius 2 is 2.04 bits per heavy atom. The Kier molecular flexibility index (Phi) is 4.94. The zero-order chi connectivity index (χ0) is 18.8. The van der Waals surface area contributed by atoms with Crippen LogP contribution in [0.1, 0.15) is 18.9 Å². The Morgan fingerprint density at radius 3 is 2.81 bits per heavy atom. The zero-order valence-corrected chi connectivity index (χ0v) is 15.5. The molecule has 1 aliphatic rings. The molecule has 0 saturated carbocycles. The Morgan fingerprint density at radius 1 is 1.22 bits per heavy atom. The third-order valence-corrected chi connectivity index (χ3v) is 5.24. The van der Waals surface area contributed by atoms with Crippen molar-refractivity contribution in [1.29, 1.82) is 0 Å². The number of rotatable bonds is 4. The van der Waals surface area contributed by atoms with E-state index in [0.717, 1.165) is 47.4 Å². The number of hydrogen-bond acceptors (Lipinski definition) is 2. The fourth-order valence-electron chi connectivity index (χ4n) is 3.88. The number of piperazine rings is 1. The molecule has 0 unspecified atom stereocenters. The van der Waals surface area contributed by atoms with Crippen LogP contribution in [0.5, 0.6) is 0 Å². The van der Waals surface area contributed by atoms with Crippen LogP contribution in [0, 0.1) is 5.82 Å². The first-order chi connectivity index (χ1) is 13.1. The Hall–Kier alpha value is -2.66. The van der Waals surface area contributed by atoms with Crippen LogP contribution in [0.15, 0.2) is 48.5 Å². The average Bonchev–Trinajstić information content (AvgIpc) is 3.04. The van der Waals surface area contributed by atoms with E-state index in [4.69, 9.17) is 0 Å². The molecule has 1 atom stereocenters. The van der Waals surface area contributed by atoms with Gasteiger partial charge in [0.25, 0.3) is 0 Å². The lowest BCUT2D eigenvalue weighted by atomic mass is 10.0. The molecule has 1 aromatic heterocycles. The number of amides is 1. The SMILES string of the molecule is C[C@@H]1CN(C(=O)CCc2c(-c3ccccc3)[nH]c3ccc(F)cc23)CCN1. The molecule has 1 aliphatic heterocycles. The third kappa shape index (κ3) is 3.74. The zero-order valence-electron chi connectivity index (χ0n) is 15.5. The quantitative estimate of drug-likeness (QED) is 0.740. The number of benzene rings is 2. The highest BCUT2D eigenvalue weighted by Gasteiger charge is 2.21. The normalized spacial score (nSPS) is 17.4. The van der Waals surface area contributed by atoms with Crippen molar-refractivity contribution in [3.8, 4) is 11.3 Å². The summed E-state index contributed by atoms with van der Waals surface area (Å²) in [6.45, 7) is 4.42. The van der Waals surface area contributed by atoms with Gasteiger partial charge in [-0.15, -0.1) is 0 Å². The summed E-state index contributed by atoms with van der Waals surface area (Å²) in [5.74, 6) is -0.0993. The molecule has 1 fully saturated rings. The second-order valence-corrected chi connectivity index (χ2v) is 7.23. The minimum atomic E-state index is -0.260. The summed E-state index contributed by atoms with van der Waals surface area (Å²) in [6.07, 6.45) is 1.01. The number of fused-ring (bicyclic) bond motifs is 1. The van der Waals surface area contributed by atoms with E-state index >= 15 is 0 Å². The number of halogens is 1. The smallest absolute Gasteiger partial charge is 0.222 e. The number of H-pyrrole nitrogens is 1. The molecular formula is C22H24FN3O. The number of nitrogens with one attached hydrogen (secondary N) is 2. The van der Waals surface area contributed by atoms with Crippen LogP contribution in [0.4, 0.5) is 4.39 Å². The third-order valence-electron chi connectivity index (χ3n) is 5.24. The maximum Gasteiger partial charge on any atom is 0.222 e. The van der Waals surface area contributed by atoms with Crippen molar-refractivity contribution in [3.05, 3.63) is 59.9 Å². The highest BCUT2D eigenvalue weighted by molar-refractivity contribution is 5.91. The highest BCUT2D eigenvalue weighted by atomic mass is 19.1. The summed E-state index contributed by atoms with van der Waals surface area (Å²) in [4.78, 5) is 18.0. The van der Waals surface area contributed by atoms with Crippen molar-refractivity contribution >= 4 is 16.8 Å². The van der Waals surface area contributed by atoms with Gasteiger partial charge >= 0.3 is 0 Å². The predicted molar refractivity (Wildman–Crippen MR) is 106 cm³/mol. The van der Waals surface area contributed by atoms with E-state index in [9.17, 15) is 9.18 Å². The summed E-state index contributed by atoms with van der Waals surface area (Å²) in [5, 5.41) is 4.21. The molecule has 2 aromatic carbocycles. The van der Waals surface area contributed by atoms with Gasteiger partial charge in [0, 0.05) is 48.7 Å². The maximum absolute atomic E-state index is 13.9. The van der Waals surface area contributed by atoms with Crippen molar-refractivity contribution in [2.45, 2.75) is 25.8 Å². The molecule has 1 amide bonds.